The van der Waals surface area contributed by atoms with Gasteiger partial charge in [-0.3, -0.25) is 9.59 Å². The van der Waals surface area contributed by atoms with Gasteiger partial charge in [0.1, 0.15) is 17.6 Å². The van der Waals surface area contributed by atoms with Crippen LogP contribution in [0.2, 0.25) is 0 Å². The van der Waals surface area contributed by atoms with Crippen molar-refractivity contribution in [3.05, 3.63) is 78.1 Å². The quantitative estimate of drug-likeness (QED) is 0.615. The molecule has 3 rings (SSSR count). The first-order chi connectivity index (χ1) is 14.5. The fraction of sp³-hybridized carbons (Fsp3) is 0.250. The number of carbonyl (C=O) groups excluding carboxylic acids is 2. The van der Waals surface area contributed by atoms with Gasteiger partial charge in [-0.05, 0) is 31.4 Å². The van der Waals surface area contributed by atoms with Crippen LogP contribution < -0.4 is 10.1 Å². The van der Waals surface area contributed by atoms with Gasteiger partial charge in [0.2, 0.25) is 5.91 Å². The minimum atomic E-state index is -0.770. The predicted octanol–water partition coefficient (Wildman–Crippen LogP) is 3.91. The van der Waals surface area contributed by atoms with Crippen LogP contribution in [0.1, 0.15) is 19.4 Å². The summed E-state index contributed by atoms with van der Waals surface area (Å²) in [5.41, 5.74) is 0.340. The van der Waals surface area contributed by atoms with Gasteiger partial charge in [0.15, 0.2) is 6.61 Å². The highest BCUT2D eigenvalue weighted by Gasteiger charge is 2.27. The summed E-state index contributed by atoms with van der Waals surface area (Å²) in [7, 11) is 0. The maximum atomic E-state index is 14.2. The average Bonchev–Trinajstić information content (AvgIpc) is 2.76. The Labute approximate surface area is 175 Å². The van der Waals surface area contributed by atoms with Crippen LogP contribution in [0.4, 0.5) is 4.39 Å². The average molecular weight is 408 g/mol. The van der Waals surface area contributed by atoms with E-state index in [0.717, 1.165) is 10.8 Å². The third-order valence-corrected chi connectivity index (χ3v) is 4.92. The zero-order valence-electron chi connectivity index (χ0n) is 17.1. The topological polar surface area (TPSA) is 58.6 Å². The highest BCUT2D eigenvalue weighted by Crippen LogP contribution is 2.25. The van der Waals surface area contributed by atoms with Crippen LogP contribution in [0.15, 0.2) is 66.7 Å². The van der Waals surface area contributed by atoms with Crippen molar-refractivity contribution in [2.75, 3.05) is 13.2 Å². The third kappa shape index (κ3) is 4.95. The minimum Gasteiger partial charge on any atom is -0.483 e. The Bertz CT molecular complexity index is 1030. The molecule has 0 unspecified atom stereocenters. The van der Waals surface area contributed by atoms with Gasteiger partial charge >= 0.3 is 0 Å². The second kappa shape index (κ2) is 9.87. The van der Waals surface area contributed by atoms with E-state index in [4.69, 9.17) is 4.74 Å². The molecule has 156 valence electrons. The molecule has 0 aliphatic rings. The molecular weight excluding hydrogens is 383 g/mol. The zero-order valence-corrected chi connectivity index (χ0v) is 17.1. The number of amides is 2. The lowest BCUT2D eigenvalue weighted by Crippen LogP contribution is -2.49. The Kier molecular flexibility index (Phi) is 7.01. The molecule has 0 aliphatic heterocycles. The molecule has 0 aliphatic carbocycles. The van der Waals surface area contributed by atoms with E-state index in [-0.39, 0.29) is 19.1 Å². The maximum absolute atomic E-state index is 14.2. The molecule has 1 N–H and O–H groups in total. The van der Waals surface area contributed by atoms with Gasteiger partial charge in [0, 0.05) is 24.0 Å². The van der Waals surface area contributed by atoms with E-state index in [1.165, 1.54) is 11.0 Å². The highest BCUT2D eigenvalue weighted by molar-refractivity contribution is 5.90. The summed E-state index contributed by atoms with van der Waals surface area (Å²) in [4.78, 5) is 26.7. The number of benzene rings is 3. The molecule has 30 heavy (non-hydrogen) atoms. The molecule has 0 fully saturated rings. The molecule has 0 bridgehead atoms. The molecule has 0 aromatic heterocycles. The Morgan fingerprint density at radius 2 is 1.73 bits per heavy atom. The van der Waals surface area contributed by atoms with Crippen LogP contribution in [-0.4, -0.2) is 35.9 Å². The van der Waals surface area contributed by atoms with Crippen LogP contribution in [0, 0.1) is 5.82 Å². The Morgan fingerprint density at radius 3 is 2.50 bits per heavy atom. The molecule has 1 atom stereocenters. The summed E-state index contributed by atoms with van der Waals surface area (Å²) in [5.74, 6) is -0.538. The second-order valence-electron chi connectivity index (χ2n) is 6.95. The van der Waals surface area contributed by atoms with Gasteiger partial charge in [-0.25, -0.2) is 4.39 Å². The molecule has 0 radical (unpaired) electrons. The van der Waals surface area contributed by atoms with Gasteiger partial charge in [-0.2, -0.15) is 0 Å². The number of hydrogen-bond donors (Lipinski definition) is 1. The molecule has 0 saturated carbocycles. The van der Waals surface area contributed by atoms with E-state index >= 15 is 0 Å². The first-order valence-corrected chi connectivity index (χ1v) is 9.92. The fourth-order valence-electron chi connectivity index (χ4n) is 3.26. The molecule has 0 saturated heterocycles. The van der Waals surface area contributed by atoms with Crippen LogP contribution in [0.25, 0.3) is 10.8 Å². The summed E-state index contributed by atoms with van der Waals surface area (Å²) in [5, 5.41) is 4.61. The second-order valence-corrected chi connectivity index (χ2v) is 6.95. The molecule has 5 nitrogen and oxygen atoms in total. The first-order valence-electron chi connectivity index (χ1n) is 9.92. The van der Waals surface area contributed by atoms with E-state index in [1.807, 2.05) is 36.4 Å². The van der Waals surface area contributed by atoms with Crippen LogP contribution in [0.3, 0.4) is 0 Å². The number of hydrogen-bond acceptors (Lipinski definition) is 3. The van der Waals surface area contributed by atoms with Crippen molar-refractivity contribution < 1.29 is 18.7 Å². The van der Waals surface area contributed by atoms with Crippen LogP contribution in [0.5, 0.6) is 5.75 Å². The SMILES string of the molecule is CCNC(=O)[C@H](C)N(Cc1ccccc1F)C(=O)COc1cccc2ccccc12. The van der Waals surface area contributed by atoms with Gasteiger partial charge in [0.05, 0.1) is 0 Å². The summed E-state index contributed by atoms with van der Waals surface area (Å²) >= 11 is 0. The number of ether oxygens (including phenoxy) is 1. The van der Waals surface area contributed by atoms with Gasteiger partial charge in [-0.15, -0.1) is 0 Å². The van der Waals surface area contributed by atoms with Gasteiger partial charge < -0.3 is 15.0 Å². The van der Waals surface area contributed by atoms with Crippen molar-refractivity contribution in [2.24, 2.45) is 0 Å². The number of likely N-dealkylation sites (N-methyl/N-ethyl adjacent to an activating group) is 1. The summed E-state index contributed by atoms with van der Waals surface area (Å²) in [6.45, 7) is 3.59. The molecule has 0 heterocycles. The standard InChI is InChI=1S/C24H25FN2O3/c1-3-26-24(29)17(2)27(15-19-10-5-7-13-21(19)25)23(28)16-30-22-14-8-11-18-9-4-6-12-20(18)22/h4-14,17H,3,15-16H2,1-2H3,(H,26,29)/t17-/m0/s1. The van der Waals surface area contributed by atoms with Crippen molar-refractivity contribution in [2.45, 2.75) is 26.4 Å². The number of halogens is 1. The lowest BCUT2D eigenvalue weighted by Gasteiger charge is -2.28. The van der Waals surface area contributed by atoms with E-state index in [9.17, 15) is 14.0 Å². The molecular formula is C24H25FN2O3. The van der Waals surface area contributed by atoms with Crippen molar-refractivity contribution >= 4 is 22.6 Å². The first kappa shape index (κ1) is 21.3. The van der Waals surface area contributed by atoms with Gasteiger partial charge in [-0.1, -0.05) is 54.6 Å². The van der Waals surface area contributed by atoms with Crippen molar-refractivity contribution in [3.63, 3.8) is 0 Å². The van der Waals surface area contributed by atoms with E-state index in [1.54, 1.807) is 38.1 Å². The summed E-state index contributed by atoms with van der Waals surface area (Å²) in [6.07, 6.45) is 0. The molecule has 2 amide bonds. The number of fused-ring (bicyclic) bond motifs is 1. The zero-order chi connectivity index (χ0) is 21.5. The summed E-state index contributed by atoms with van der Waals surface area (Å²) < 4.78 is 20.0. The molecule has 3 aromatic rings. The third-order valence-electron chi connectivity index (χ3n) is 4.92. The smallest absolute Gasteiger partial charge is 0.261 e. The van der Waals surface area contributed by atoms with E-state index in [0.29, 0.717) is 17.9 Å². The van der Waals surface area contributed by atoms with Crippen molar-refractivity contribution in [1.29, 1.82) is 0 Å². The Balaban J connectivity index is 1.80. The minimum absolute atomic E-state index is 0.0251. The van der Waals surface area contributed by atoms with Crippen molar-refractivity contribution in [3.8, 4) is 5.75 Å². The van der Waals surface area contributed by atoms with Gasteiger partial charge in [0.25, 0.3) is 5.91 Å². The van der Waals surface area contributed by atoms with Crippen LogP contribution in [-0.2, 0) is 16.1 Å². The monoisotopic (exact) mass is 408 g/mol. The van der Waals surface area contributed by atoms with E-state index in [2.05, 4.69) is 5.32 Å². The van der Waals surface area contributed by atoms with Crippen molar-refractivity contribution in [1.82, 2.24) is 10.2 Å². The molecule has 0 spiro atoms. The molecule has 3 aromatic carbocycles. The summed E-state index contributed by atoms with van der Waals surface area (Å²) in [6, 6.07) is 18.8. The highest BCUT2D eigenvalue weighted by atomic mass is 19.1. The van der Waals surface area contributed by atoms with Crippen LogP contribution >= 0.6 is 0 Å². The molecule has 6 heteroatoms. The number of rotatable bonds is 8. The Morgan fingerprint density at radius 1 is 1.03 bits per heavy atom. The largest absolute Gasteiger partial charge is 0.483 e. The number of nitrogens with one attached hydrogen (secondary N) is 1. The lowest BCUT2D eigenvalue weighted by molar-refractivity contribution is -0.142. The maximum Gasteiger partial charge on any atom is 0.261 e. The normalized spacial score (nSPS) is 11.7. The Hall–Kier alpha value is -3.41. The van der Waals surface area contributed by atoms with E-state index < -0.39 is 17.8 Å². The number of carbonyl (C=O) groups is 2. The lowest BCUT2D eigenvalue weighted by atomic mass is 10.1. The number of nitrogens with zero attached hydrogens (tertiary/aromatic N) is 1. The predicted molar refractivity (Wildman–Crippen MR) is 115 cm³/mol. The fourth-order valence-corrected chi connectivity index (χ4v) is 3.26.